The van der Waals surface area contributed by atoms with Crippen LogP contribution in [0.1, 0.15) is 39.5 Å². The number of likely N-dealkylation sites (tertiary alicyclic amines) is 1. The van der Waals surface area contributed by atoms with Crippen LogP contribution in [0, 0.1) is 11.8 Å². The first-order chi connectivity index (χ1) is 9.02. The number of rotatable bonds is 6. The summed E-state index contributed by atoms with van der Waals surface area (Å²) in [5, 5.41) is 2.71. The van der Waals surface area contributed by atoms with Gasteiger partial charge in [-0.15, -0.1) is 12.4 Å². The van der Waals surface area contributed by atoms with E-state index in [1.165, 1.54) is 0 Å². The zero-order valence-electron chi connectivity index (χ0n) is 12.6. The molecule has 1 fully saturated rings. The number of nitrogens with one attached hydrogen (secondary N) is 1. The Balaban J connectivity index is 0.00000361. The Hall–Kier alpha value is -0.810. The predicted octanol–water partition coefficient (Wildman–Crippen LogP) is 1.16. The molecule has 0 aromatic heterocycles. The standard InChI is InChI=1S/C14H27N3O2.ClH/c1-11(2)3-4-13(18)16-10-14(19)17-7-5-12(9-15)6-8-17;/h11-12H,3-10,15H2,1-2H3,(H,16,18);1H. The zero-order valence-corrected chi connectivity index (χ0v) is 13.4. The lowest BCUT2D eigenvalue weighted by molar-refractivity contribution is -0.134. The number of carbonyl (C=O) groups excluding carboxylic acids is 2. The van der Waals surface area contributed by atoms with Gasteiger partial charge in [-0.1, -0.05) is 13.8 Å². The lowest BCUT2D eigenvalue weighted by Crippen LogP contribution is -2.44. The van der Waals surface area contributed by atoms with Gasteiger partial charge in [0.25, 0.3) is 0 Å². The molecule has 0 saturated carbocycles. The van der Waals surface area contributed by atoms with Gasteiger partial charge in [0.2, 0.25) is 11.8 Å². The van der Waals surface area contributed by atoms with E-state index in [-0.39, 0.29) is 30.8 Å². The SMILES string of the molecule is CC(C)CCC(=O)NCC(=O)N1CCC(CN)CC1.Cl. The number of hydrogen-bond acceptors (Lipinski definition) is 3. The first kappa shape index (κ1) is 19.2. The number of piperidine rings is 1. The molecule has 0 aromatic rings. The van der Waals surface area contributed by atoms with E-state index in [0.29, 0.717) is 24.8 Å². The Kier molecular flexibility index (Phi) is 9.59. The number of hydrogen-bond donors (Lipinski definition) is 2. The van der Waals surface area contributed by atoms with Gasteiger partial charge in [0.05, 0.1) is 6.54 Å². The quantitative estimate of drug-likeness (QED) is 0.773. The summed E-state index contributed by atoms with van der Waals surface area (Å²) in [6.45, 7) is 6.53. The Labute approximate surface area is 128 Å². The van der Waals surface area contributed by atoms with Crippen LogP contribution in [0.25, 0.3) is 0 Å². The first-order valence-corrected chi connectivity index (χ1v) is 7.27. The van der Waals surface area contributed by atoms with Gasteiger partial charge in [0.15, 0.2) is 0 Å². The van der Waals surface area contributed by atoms with E-state index in [0.717, 1.165) is 32.4 Å². The smallest absolute Gasteiger partial charge is 0.241 e. The fourth-order valence-corrected chi connectivity index (χ4v) is 2.21. The van der Waals surface area contributed by atoms with Gasteiger partial charge in [-0.25, -0.2) is 0 Å². The summed E-state index contributed by atoms with van der Waals surface area (Å²) >= 11 is 0. The van der Waals surface area contributed by atoms with E-state index < -0.39 is 0 Å². The van der Waals surface area contributed by atoms with E-state index >= 15 is 0 Å². The molecule has 2 amide bonds. The van der Waals surface area contributed by atoms with Gasteiger partial charge in [-0.2, -0.15) is 0 Å². The molecule has 0 aromatic carbocycles. The normalized spacial score (nSPS) is 15.9. The predicted molar refractivity (Wildman–Crippen MR) is 82.7 cm³/mol. The van der Waals surface area contributed by atoms with Crippen LogP contribution in [-0.4, -0.2) is 42.9 Å². The highest BCUT2D eigenvalue weighted by molar-refractivity contribution is 5.85. The molecule has 118 valence electrons. The maximum absolute atomic E-state index is 11.9. The van der Waals surface area contributed by atoms with E-state index in [1.807, 2.05) is 4.90 Å². The zero-order chi connectivity index (χ0) is 14.3. The number of nitrogens with two attached hydrogens (primary N) is 1. The fraction of sp³-hybridized carbons (Fsp3) is 0.857. The Morgan fingerprint density at radius 3 is 2.40 bits per heavy atom. The second-order valence-electron chi connectivity index (χ2n) is 5.77. The lowest BCUT2D eigenvalue weighted by Gasteiger charge is -2.31. The van der Waals surface area contributed by atoms with Crippen LogP contribution in [-0.2, 0) is 9.59 Å². The molecule has 0 aliphatic carbocycles. The molecule has 20 heavy (non-hydrogen) atoms. The number of carbonyl (C=O) groups is 2. The topological polar surface area (TPSA) is 75.4 Å². The van der Waals surface area contributed by atoms with Crippen LogP contribution < -0.4 is 11.1 Å². The van der Waals surface area contributed by atoms with E-state index in [9.17, 15) is 9.59 Å². The van der Waals surface area contributed by atoms with E-state index in [2.05, 4.69) is 19.2 Å². The summed E-state index contributed by atoms with van der Waals surface area (Å²) < 4.78 is 0. The third-order valence-electron chi connectivity index (χ3n) is 3.69. The molecule has 5 nitrogen and oxygen atoms in total. The van der Waals surface area contributed by atoms with Crippen molar-refractivity contribution < 1.29 is 9.59 Å². The molecule has 0 bridgehead atoms. The van der Waals surface area contributed by atoms with Crippen LogP contribution in [0.15, 0.2) is 0 Å². The molecule has 6 heteroatoms. The summed E-state index contributed by atoms with van der Waals surface area (Å²) in [6.07, 6.45) is 3.31. The van der Waals surface area contributed by atoms with Crippen molar-refractivity contribution in [1.29, 1.82) is 0 Å². The molecule has 1 heterocycles. The minimum atomic E-state index is -0.0288. The molecule has 0 unspecified atom stereocenters. The van der Waals surface area contributed by atoms with Crippen molar-refractivity contribution in [2.24, 2.45) is 17.6 Å². The summed E-state index contributed by atoms with van der Waals surface area (Å²) in [7, 11) is 0. The van der Waals surface area contributed by atoms with Crippen molar-refractivity contribution in [2.75, 3.05) is 26.2 Å². The molecular formula is C14H28ClN3O2. The highest BCUT2D eigenvalue weighted by Crippen LogP contribution is 2.15. The van der Waals surface area contributed by atoms with Gasteiger partial charge in [-0.05, 0) is 37.6 Å². The van der Waals surface area contributed by atoms with Gasteiger partial charge in [0.1, 0.15) is 0 Å². The Morgan fingerprint density at radius 1 is 1.30 bits per heavy atom. The average molecular weight is 306 g/mol. The van der Waals surface area contributed by atoms with Crippen LogP contribution in [0.3, 0.4) is 0 Å². The lowest BCUT2D eigenvalue weighted by atomic mass is 9.97. The molecule has 1 rings (SSSR count). The van der Waals surface area contributed by atoms with Crippen LogP contribution >= 0.6 is 12.4 Å². The number of halogens is 1. The molecule has 1 saturated heterocycles. The third kappa shape index (κ3) is 7.10. The maximum Gasteiger partial charge on any atom is 0.241 e. The Bertz CT molecular complexity index is 303. The second-order valence-corrected chi connectivity index (χ2v) is 5.77. The third-order valence-corrected chi connectivity index (χ3v) is 3.69. The molecule has 1 aliphatic heterocycles. The van der Waals surface area contributed by atoms with Gasteiger partial charge < -0.3 is 16.0 Å². The van der Waals surface area contributed by atoms with E-state index in [1.54, 1.807) is 0 Å². The monoisotopic (exact) mass is 305 g/mol. The van der Waals surface area contributed by atoms with Crippen molar-refractivity contribution in [1.82, 2.24) is 10.2 Å². The van der Waals surface area contributed by atoms with Crippen LogP contribution in [0.2, 0.25) is 0 Å². The average Bonchev–Trinajstić information content (AvgIpc) is 2.42. The highest BCUT2D eigenvalue weighted by atomic mass is 35.5. The molecular weight excluding hydrogens is 278 g/mol. The van der Waals surface area contributed by atoms with Crippen LogP contribution in [0.4, 0.5) is 0 Å². The Morgan fingerprint density at radius 2 is 1.90 bits per heavy atom. The summed E-state index contributed by atoms with van der Waals surface area (Å²) in [5.41, 5.74) is 5.62. The van der Waals surface area contributed by atoms with E-state index in [4.69, 9.17) is 5.73 Å². The number of amides is 2. The highest BCUT2D eigenvalue weighted by Gasteiger charge is 2.21. The number of nitrogens with zero attached hydrogens (tertiary/aromatic N) is 1. The molecule has 0 atom stereocenters. The van der Waals surface area contributed by atoms with Gasteiger partial charge in [-0.3, -0.25) is 9.59 Å². The summed E-state index contributed by atoms with van der Waals surface area (Å²) in [6, 6.07) is 0. The molecule has 1 aliphatic rings. The second kappa shape index (κ2) is 10.00. The van der Waals surface area contributed by atoms with Crippen molar-refractivity contribution in [3.8, 4) is 0 Å². The van der Waals surface area contributed by atoms with Crippen molar-refractivity contribution in [2.45, 2.75) is 39.5 Å². The summed E-state index contributed by atoms with van der Waals surface area (Å²) in [5.74, 6) is 1.05. The van der Waals surface area contributed by atoms with Crippen LogP contribution in [0.5, 0.6) is 0 Å². The summed E-state index contributed by atoms with van der Waals surface area (Å²) in [4.78, 5) is 25.3. The van der Waals surface area contributed by atoms with Crippen molar-refractivity contribution >= 4 is 24.2 Å². The minimum absolute atomic E-state index is 0. The largest absolute Gasteiger partial charge is 0.347 e. The maximum atomic E-state index is 11.9. The fourth-order valence-electron chi connectivity index (χ4n) is 2.21. The molecule has 3 N–H and O–H groups in total. The van der Waals surface area contributed by atoms with Gasteiger partial charge >= 0.3 is 0 Å². The van der Waals surface area contributed by atoms with Crippen molar-refractivity contribution in [3.63, 3.8) is 0 Å². The first-order valence-electron chi connectivity index (χ1n) is 7.27. The van der Waals surface area contributed by atoms with Gasteiger partial charge in [0, 0.05) is 19.5 Å². The minimum Gasteiger partial charge on any atom is -0.347 e. The van der Waals surface area contributed by atoms with Crippen molar-refractivity contribution in [3.05, 3.63) is 0 Å². The molecule has 0 spiro atoms. The molecule has 0 radical (unpaired) electrons.